The van der Waals surface area contributed by atoms with Gasteiger partial charge < -0.3 is 14.8 Å². The van der Waals surface area contributed by atoms with Crippen molar-refractivity contribution in [2.45, 2.75) is 32.9 Å². The predicted octanol–water partition coefficient (Wildman–Crippen LogP) is 7.39. The summed E-state index contributed by atoms with van der Waals surface area (Å²) in [5.74, 6) is 0. The summed E-state index contributed by atoms with van der Waals surface area (Å²) in [6, 6.07) is 22.4. The number of thiocarbonyl (C=S) groups is 1. The molecule has 34 heavy (non-hydrogen) atoms. The third kappa shape index (κ3) is 3.94. The first kappa shape index (κ1) is 23.1. The molecule has 7 heteroatoms. The summed E-state index contributed by atoms with van der Waals surface area (Å²) in [6.07, 6.45) is 1.83. The number of rotatable bonds is 4. The summed E-state index contributed by atoms with van der Waals surface area (Å²) in [5.41, 5.74) is 7.55. The Balaban J connectivity index is 1.70. The van der Waals surface area contributed by atoms with Crippen LogP contribution in [0.2, 0.25) is 5.02 Å². The van der Waals surface area contributed by atoms with Crippen molar-refractivity contribution in [1.29, 1.82) is 0 Å². The monoisotopic (exact) mass is 550 g/mol. The molecule has 1 fully saturated rings. The lowest BCUT2D eigenvalue weighted by Crippen LogP contribution is -2.29. The van der Waals surface area contributed by atoms with E-state index in [0.29, 0.717) is 5.11 Å². The molecule has 5 rings (SSSR count). The molecule has 0 spiro atoms. The van der Waals surface area contributed by atoms with E-state index >= 15 is 0 Å². The minimum absolute atomic E-state index is 0.0783. The van der Waals surface area contributed by atoms with E-state index in [-0.39, 0.29) is 12.1 Å². The van der Waals surface area contributed by atoms with E-state index in [9.17, 15) is 0 Å². The van der Waals surface area contributed by atoms with Gasteiger partial charge in [0.2, 0.25) is 0 Å². The number of aryl methyl sites for hydroxylation is 2. The number of benzene rings is 2. The van der Waals surface area contributed by atoms with E-state index in [1.54, 1.807) is 0 Å². The lowest BCUT2D eigenvalue weighted by Gasteiger charge is -2.28. The van der Waals surface area contributed by atoms with Crippen LogP contribution < -0.4 is 10.2 Å². The van der Waals surface area contributed by atoms with Crippen molar-refractivity contribution in [3.8, 4) is 5.69 Å². The Bertz CT molecular complexity index is 1380. The molecule has 0 unspecified atom stereocenters. The zero-order valence-electron chi connectivity index (χ0n) is 19.1. The molecule has 1 aliphatic heterocycles. The molecule has 1 aliphatic rings. The minimum atomic E-state index is -0.0992. The predicted molar refractivity (Wildman–Crippen MR) is 147 cm³/mol. The van der Waals surface area contributed by atoms with Crippen LogP contribution >= 0.6 is 39.7 Å². The van der Waals surface area contributed by atoms with Crippen LogP contribution in [0.5, 0.6) is 0 Å². The summed E-state index contributed by atoms with van der Waals surface area (Å²) >= 11 is 16.1. The first-order valence-electron chi connectivity index (χ1n) is 11.1. The minimum Gasteiger partial charge on any atom is -0.351 e. The maximum atomic E-state index is 6.60. The number of hydrogen-bond acceptors (Lipinski definition) is 2. The first-order chi connectivity index (χ1) is 16.4. The SMILES string of the molecule is Cc1cc(N2C(=S)N[C@H](c3ccccn3)[C@H]2c2cc(C)n(-c3ccccc3Cl)c2C)ccc1Br. The topological polar surface area (TPSA) is 33.1 Å². The van der Waals surface area contributed by atoms with Gasteiger partial charge in [-0.05, 0) is 92.6 Å². The lowest BCUT2D eigenvalue weighted by atomic mass is 9.96. The lowest BCUT2D eigenvalue weighted by molar-refractivity contribution is 0.565. The molecule has 3 heterocycles. The second-order valence-electron chi connectivity index (χ2n) is 8.54. The largest absolute Gasteiger partial charge is 0.351 e. The van der Waals surface area contributed by atoms with Gasteiger partial charge in [0.05, 0.1) is 28.5 Å². The number of nitrogens with one attached hydrogen (secondary N) is 1. The molecule has 1 N–H and O–H groups in total. The molecule has 4 nitrogen and oxygen atoms in total. The van der Waals surface area contributed by atoms with Crippen LogP contribution in [0.25, 0.3) is 5.69 Å². The van der Waals surface area contributed by atoms with Gasteiger partial charge in [-0.1, -0.05) is 45.7 Å². The number of para-hydroxylation sites is 1. The molecule has 0 saturated carbocycles. The van der Waals surface area contributed by atoms with Crippen LogP contribution in [0, 0.1) is 20.8 Å². The summed E-state index contributed by atoms with van der Waals surface area (Å²) in [4.78, 5) is 6.89. The number of hydrogen-bond donors (Lipinski definition) is 1. The van der Waals surface area contributed by atoms with Crippen LogP contribution in [0.15, 0.2) is 77.4 Å². The highest BCUT2D eigenvalue weighted by Crippen LogP contribution is 2.44. The molecule has 172 valence electrons. The maximum absolute atomic E-state index is 6.60. The number of anilines is 1. The summed E-state index contributed by atoms with van der Waals surface area (Å²) in [7, 11) is 0. The van der Waals surface area contributed by atoms with E-state index < -0.39 is 0 Å². The average molecular weight is 552 g/mol. The Hall–Kier alpha value is -2.67. The second-order valence-corrected chi connectivity index (χ2v) is 10.2. The Morgan fingerprint density at radius 2 is 1.76 bits per heavy atom. The molecule has 0 aliphatic carbocycles. The standard InChI is InChI=1S/C27H24BrClN4S/c1-16-14-19(11-12-21(16)28)33-26(25(31-27(33)34)23-9-6-7-13-30-23)20-15-17(2)32(18(20)3)24-10-5-4-8-22(24)29/h4-15,25-26H,1-3H3,(H,31,34)/t25-,26-/m1/s1. The maximum Gasteiger partial charge on any atom is 0.174 e. The Morgan fingerprint density at radius 1 is 1.00 bits per heavy atom. The van der Waals surface area contributed by atoms with Gasteiger partial charge >= 0.3 is 0 Å². The van der Waals surface area contributed by atoms with Gasteiger partial charge in [0.25, 0.3) is 0 Å². The van der Waals surface area contributed by atoms with Crippen molar-refractivity contribution in [1.82, 2.24) is 14.9 Å². The summed E-state index contributed by atoms with van der Waals surface area (Å²) in [6.45, 7) is 6.35. The summed E-state index contributed by atoms with van der Waals surface area (Å²) < 4.78 is 3.29. The molecule has 1 saturated heterocycles. The van der Waals surface area contributed by atoms with Gasteiger partial charge in [0.1, 0.15) is 0 Å². The highest BCUT2D eigenvalue weighted by atomic mass is 79.9. The van der Waals surface area contributed by atoms with E-state index in [4.69, 9.17) is 23.8 Å². The fraction of sp³-hybridized carbons (Fsp3) is 0.185. The molecular formula is C27H24BrClN4S. The first-order valence-corrected chi connectivity index (χ1v) is 12.7. The normalized spacial score (nSPS) is 17.8. The van der Waals surface area contributed by atoms with Crippen LogP contribution in [0.3, 0.4) is 0 Å². The molecule has 2 aromatic heterocycles. The van der Waals surface area contributed by atoms with Crippen molar-refractivity contribution >= 4 is 50.5 Å². The van der Waals surface area contributed by atoms with Gasteiger partial charge in [0, 0.05) is 27.7 Å². The highest BCUT2D eigenvalue weighted by molar-refractivity contribution is 9.10. The number of halogens is 2. The third-order valence-corrected chi connectivity index (χ3v) is 7.92. The molecule has 0 amide bonds. The van der Waals surface area contributed by atoms with Crippen molar-refractivity contribution in [3.05, 3.63) is 111 Å². The Kier molecular flexibility index (Phi) is 6.23. The fourth-order valence-electron chi connectivity index (χ4n) is 4.82. The Labute approximate surface area is 218 Å². The molecule has 0 radical (unpaired) electrons. The molecule has 4 aromatic rings. The van der Waals surface area contributed by atoms with Crippen molar-refractivity contribution < 1.29 is 0 Å². The molecular weight excluding hydrogens is 528 g/mol. The number of nitrogens with zero attached hydrogens (tertiary/aromatic N) is 3. The fourth-order valence-corrected chi connectivity index (χ4v) is 5.63. The second kappa shape index (κ2) is 9.17. The van der Waals surface area contributed by atoms with Crippen molar-refractivity contribution in [2.24, 2.45) is 0 Å². The van der Waals surface area contributed by atoms with Gasteiger partial charge in [-0.25, -0.2) is 0 Å². The molecule has 2 atom stereocenters. The Morgan fingerprint density at radius 3 is 2.47 bits per heavy atom. The van der Waals surface area contributed by atoms with E-state index in [2.05, 4.69) is 92.9 Å². The van der Waals surface area contributed by atoms with Gasteiger partial charge in [0.15, 0.2) is 5.11 Å². The van der Waals surface area contributed by atoms with Gasteiger partial charge in [-0.15, -0.1) is 0 Å². The van der Waals surface area contributed by atoms with Crippen molar-refractivity contribution in [2.75, 3.05) is 4.90 Å². The van der Waals surface area contributed by atoms with Crippen LogP contribution in [-0.2, 0) is 0 Å². The van der Waals surface area contributed by atoms with E-state index in [1.165, 1.54) is 5.56 Å². The van der Waals surface area contributed by atoms with Crippen molar-refractivity contribution in [3.63, 3.8) is 0 Å². The zero-order chi connectivity index (χ0) is 24.0. The smallest absolute Gasteiger partial charge is 0.174 e. The van der Waals surface area contributed by atoms with Crippen LogP contribution in [0.1, 0.15) is 40.3 Å². The van der Waals surface area contributed by atoms with Crippen LogP contribution in [-0.4, -0.2) is 14.7 Å². The zero-order valence-corrected chi connectivity index (χ0v) is 22.2. The highest BCUT2D eigenvalue weighted by Gasteiger charge is 2.42. The number of pyridine rings is 1. The van der Waals surface area contributed by atoms with E-state index in [1.807, 2.05) is 36.5 Å². The van der Waals surface area contributed by atoms with Gasteiger partial charge in [-0.2, -0.15) is 0 Å². The number of aromatic nitrogens is 2. The average Bonchev–Trinajstić information content (AvgIpc) is 3.32. The van der Waals surface area contributed by atoms with Gasteiger partial charge in [-0.3, -0.25) is 4.98 Å². The molecule has 0 bridgehead atoms. The van der Waals surface area contributed by atoms with Crippen LogP contribution in [0.4, 0.5) is 5.69 Å². The quantitative estimate of drug-likeness (QED) is 0.268. The molecule has 2 aromatic carbocycles. The third-order valence-electron chi connectivity index (χ3n) is 6.40. The summed E-state index contributed by atoms with van der Waals surface area (Å²) in [5, 5.41) is 4.96. The van der Waals surface area contributed by atoms with E-state index in [0.717, 1.165) is 43.5 Å².